The van der Waals surface area contributed by atoms with E-state index in [2.05, 4.69) is 5.32 Å². The molecule has 1 atom stereocenters. The number of hydrogen-bond acceptors (Lipinski definition) is 5. The largest absolute Gasteiger partial charge is 0.497 e. The van der Waals surface area contributed by atoms with Gasteiger partial charge in [0.25, 0.3) is 0 Å². The topological polar surface area (TPSA) is 84.9 Å². The number of ether oxygens (including phenoxy) is 2. The highest BCUT2D eigenvalue weighted by Gasteiger charge is 2.34. The molecule has 0 aromatic heterocycles. The highest BCUT2D eigenvalue weighted by Crippen LogP contribution is 2.31. The van der Waals surface area contributed by atoms with Gasteiger partial charge in [-0.2, -0.15) is 4.31 Å². The molecule has 30 heavy (non-hydrogen) atoms. The first-order valence-corrected chi connectivity index (χ1v) is 11.5. The van der Waals surface area contributed by atoms with Crippen molar-refractivity contribution in [2.24, 2.45) is 0 Å². The van der Waals surface area contributed by atoms with Crippen molar-refractivity contribution in [2.75, 3.05) is 26.1 Å². The SMILES string of the molecule is COc1ccc(OC)c(NC(=O)C[C@@H]2CCCCN2S(=O)(=O)c2ccc(Cl)cc2)c1. The van der Waals surface area contributed by atoms with E-state index in [1.54, 1.807) is 30.3 Å². The third kappa shape index (κ3) is 5.06. The molecule has 0 bridgehead atoms. The standard InChI is InChI=1S/C21H25ClN2O5S/c1-28-17-8-11-20(29-2)19(14-17)23-21(25)13-16-5-3-4-12-24(16)30(26,27)18-9-6-15(22)7-10-18/h6-11,14,16H,3-5,12-13H2,1-2H3,(H,23,25)/t16-/m0/s1. The fourth-order valence-corrected chi connectivity index (χ4v) is 5.38. The Bertz CT molecular complexity index is 995. The number of piperidine rings is 1. The molecule has 1 fully saturated rings. The summed E-state index contributed by atoms with van der Waals surface area (Å²) in [6, 6.07) is 10.8. The second-order valence-electron chi connectivity index (χ2n) is 7.04. The zero-order valence-corrected chi connectivity index (χ0v) is 18.5. The fraction of sp³-hybridized carbons (Fsp3) is 0.381. The lowest BCUT2D eigenvalue weighted by molar-refractivity contribution is -0.117. The summed E-state index contributed by atoms with van der Waals surface area (Å²) in [7, 11) is -0.670. The summed E-state index contributed by atoms with van der Waals surface area (Å²) in [6.07, 6.45) is 2.30. The van der Waals surface area contributed by atoms with Crippen LogP contribution in [0.4, 0.5) is 5.69 Å². The van der Waals surface area contributed by atoms with Gasteiger partial charge in [-0.3, -0.25) is 4.79 Å². The molecule has 0 radical (unpaired) electrons. The predicted molar refractivity (Wildman–Crippen MR) is 116 cm³/mol. The van der Waals surface area contributed by atoms with Crippen molar-refractivity contribution in [3.8, 4) is 11.5 Å². The zero-order chi connectivity index (χ0) is 21.7. The lowest BCUT2D eigenvalue weighted by Gasteiger charge is -2.34. The van der Waals surface area contributed by atoms with Crippen LogP contribution in [0.1, 0.15) is 25.7 Å². The molecule has 162 valence electrons. The molecule has 9 heteroatoms. The molecule has 1 aliphatic heterocycles. The van der Waals surface area contributed by atoms with Crippen LogP contribution in [0.3, 0.4) is 0 Å². The van der Waals surface area contributed by atoms with Crippen molar-refractivity contribution in [3.05, 3.63) is 47.5 Å². The second kappa shape index (κ2) is 9.68. The number of benzene rings is 2. The number of amides is 1. The van der Waals surface area contributed by atoms with Crippen LogP contribution in [-0.2, 0) is 14.8 Å². The number of carbonyl (C=O) groups is 1. The Morgan fingerprint density at radius 2 is 1.87 bits per heavy atom. The van der Waals surface area contributed by atoms with E-state index >= 15 is 0 Å². The number of rotatable bonds is 7. The van der Waals surface area contributed by atoms with Crippen LogP contribution in [0.15, 0.2) is 47.4 Å². The Morgan fingerprint density at radius 1 is 1.13 bits per heavy atom. The second-order valence-corrected chi connectivity index (χ2v) is 9.36. The molecule has 0 spiro atoms. The smallest absolute Gasteiger partial charge is 0.243 e. The maximum Gasteiger partial charge on any atom is 0.243 e. The first-order valence-electron chi connectivity index (χ1n) is 9.64. The summed E-state index contributed by atoms with van der Waals surface area (Å²) >= 11 is 5.89. The minimum atomic E-state index is -3.72. The number of anilines is 1. The summed E-state index contributed by atoms with van der Waals surface area (Å²) in [6.45, 7) is 0.380. The molecule has 0 saturated carbocycles. The molecule has 2 aromatic carbocycles. The fourth-order valence-electron chi connectivity index (χ4n) is 3.56. The average molecular weight is 453 g/mol. The summed E-state index contributed by atoms with van der Waals surface area (Å²) in [5.74, 6) is 0.791. The van der Waals surface area contributed by atoms with Crippen LogP contribution >= 0.6 is 11.6 Å². The number of sulfonamides is 1. The summed E-state index contributed by atoms with van der Waals surface area (Å²) in [4.78, 5) is 12.9. The number of carbonyl (C=O) groups excluding carboxylic acids is 1. The summed E-state index contributed by atoms with van der Waals surface area (Å²) in [5, 5.41) is 3.29. The number of nitrogens with zero attached hydrogens (tertiary/aromatic N) is 1. The molecule has 1 heterocycles. The van der Waals surface area contributed by atoms with E-state index in [-0.39, 0.29) is 17.2 Å². The van der Waals surface area contributed by atoms with Crippen LogP contribution < -0.4 is 14.8 Å². The predicted octanol–water partition coefficient (Wildman–Crippen LogP) is 3.93. The van der Waals surface area contributed by atoms with Gasteiger partial charge in [0.15, 0.2) is 0 Å². The normalized spacial score (nSPS) is 17.4. The van der Waals surface area contributed by atoms with Crippen molar-refractivity contribution < 1.29 is 22.7 Å². The van der Waals surface area contributed by atoms with E-state index in [0.29, 0.717) is 35.2 Å². The van der Waals surface area contributed by atoms with Crippen molar-refractivity contribution in [1.29, 1.82) is 0 Å². The van der Waals surface area contributed by atoms with E-state index in [9.17, 15) is 13.2 Å². The third-order valence-corrected chi connectivity index (χ3v) is 7.31. The van der Waals surface area contributed by atoms with E-state index in [1.165, 1.54) is 30.7 Å². The van der Waals surface area contributed by atoms with Gasteiger partial charge in [0, 0.05) is 30.1 Å². The third-order valence-electron chi connectivity index (χ3n) is 5.10. The van der Waals surface area contributed by atoms with E-state index < -0.39 is 16.1 Å². The Hall–Kier alpha value is -2.29. The van der Waals surface area contributed by atoms with Gasteiger partial charge in [0.1, 0.15) is 11.5 Å². The van der Waals surface area contributed by atoms with Crippen LogP contribution in [0.5, 0.6) is 11.5 Å². The Kier molecular flexibility index (Phi) is 7.23. The molecule has 3 rings (SSSR count). The van der Waals surface area contributed by atoms with Gasteiger partial charge in [0.05, 0.1) is 24.8 Å². The molecule has 1 amide bonds. The van der Waals surface area contributed by atoms with Gasteiger partial charge in [-0.15, -0.1) is 0 Å². The van der Waals surface area contributed by atoms with Crippen LogP contribution in [0.2, 0.25) is 5.02 Å². The molecule has 2 aromatic rings. The van der Waals surface area contributed by atoms with Crippen LogP contribution in [-0.4, -0.2) is 45.4 Å². The highest BCUT2D eigenvalue weighted by molar-refractivity contribution is 7.89. The number of hydrogen-bond donors (Lipinski definition) is 1. The van der Waals surface area contributed by atoms with E-state index in [1.807, 2.05) is 0 Å². The monoisotopic (exact) mass is 452 g/mol. The number of nitrogens with one attached hydrogen (secondary N) is 1. The lowest BCUT2D eigenvalue weighted by Crippen LogP contribution is -2.45. The molecule has 0 aliphatic carbocycles. The van der Waals surface area contributed by atoms with E-state index in [0.717, 1.165) is 12.8 Å². The van der Waals surface area contributed by atoms with Crippen molar-refractivity contribution >= 4 is 33.2 Å². The zero-order valence-electron chi connectivity index (χ0n) is 16.9. The van der Waals surface area contributed by atoms with Gasteiger partial charge < -0.3 is 14.8 Å². The molecular weight excluding hydrogens is 428 g/mol. The first-order chi connectivity index (χ1) is 14.3. The van der Waals surface area contributed by atoms with Gasteiger partial charge in [-0.1, -0.05) is 18.0 Å². The summed E-state index contributed by atoms with van der Waals surface area (Å²) < 4.78 is 38.2. The number of halogens is 1. The van der Waals surface area contributed by atoms with Gasteiger partial charge in [0.2, 0.25) is 15.9 Å². The molecule has 0 unspecified atom stereocenters. The van der Waals surface area contributed by atoms with Gasteiger partial charge in [-0.05, 0) is 49.2 Å². The molecule has 1 N–H and O–H groups in total. The average Bonchev–Trinajstić information content (AvgIpc) is 2.74. The maximum absolute atomic E-state index is 13.1. The Morgan fingerprint density at radius 3 is 2.53 bits per heavy atom. The number of methoxy groups -OCH3 is 2. The van der Waals surface area contributed by atoms with Crippen LogP contribution in [0.25, 0.3) is 0 Å². The minimum absolute atomic E-state index is 0.0488. The minimum Gasteiger partial charge on any atom is -0.497 e. The summed E-state index contributed by atoms with van der Waals surface area (Å²) in [5.41, 5.74) is 0.477. The molecular formula is C21H25ClN2O5S. The van der Waals surface area contributed by atoms with Crippen molar-refractivity contribution in [3.63, 3.8) is 0 Å². The molecule has 1 aliphatic rings. The molecule has 7 nitrogen and oxygen atoms in total. The Labute approximate surface area is 182 Å². The lowest BCUT2D eigenvalue weighted by atomic mass is 10.0. The van der Waals surface area contributed by atoms with E-state index in [4.69, 9.17) is 21.1 Å². The maximum atomic E-state index is 13.1. The van der Waals surface area contributed by atoms with Crippen LogP contribution in [0, 0.1) is 0 Å². The van der Waals surface area contributed by atoms with Gasteiger partial charge >= 0.3 is 0 Å². The van der Waals surface area contributed by atoms with Crippen molar-refractivity contribution in [1.82, 2.24) is 4.31 Å². The van der Waals surface area contributed by atoms with Crippen molar-refractivity contribution in [2.45, 2.75) is 36.6 Å². The Balaban J connectivity index is 1.77. The molecule has 1 saturated heterocycles. The van der Waals surface area contributed by atoms with Gasteiger partial charge in [-0.25, -0.2) is 8.42 Å². The highest BCUT2D eigenvalue weighted by atomic mass is 35.5. The quantitative estimate of drug-likeness (QED) is 0.688. The first kappa shape index (κ1) is 22.4.